The molecule has 2 N–H and O–H groups in total. The summed E-state index contributed by atoms with van der Waals surface area (Å²) in [6.07, 6.45) is 7.71. The minimum atomic E-state index is 0. The average molecular weight is 465 g/mol. The van der Waals surface area contributed by atoms with Crippen molar-refractivity contribution in [3.8, 4) is 0 Å². The van der Waals surface area contributed by atoms with Crippen LogP contribution in [-0.2, 0) is 13.0 Å². The summed E-state index contributed by atoms with van der Waals surface area (Å²) in [4.78, 5) is 11.5. The predicted octanol–water partition coefficient (Wildman–Crippen LogP) is 3.25. The van der Waals surface area contributed by atoms with Crippen molar-refractivity contribution in [2.75, 3.05) is 33.2 Å². The number of rotatable bonds is 7. The Bertz CT molecular complexity index is 469. The SMILES string of the molecule is CCc1nc(CNC(=NC)NCCCN2CCCCCC2)cs1.I. The van der Waals surface area contributed by atoms with Crippen molar-refractivity contribution in [3.05, 3.63) is 16.1 Å². The lowest BCUT2D eigenvalue weighted by Gasteiger charge is -2.20. The zero-order valence-electron chi connectivity index (χ0n) is 15.0. The Morgan fingerprint density at radius 3 is 2.62 bits per heavy atom. The highest BCUT2D eigenvalue weighted by Gasteiger charge is 2.08. The maximum absolute atomic E-state index is 4.57. The fourth-order valence-electron chi connectivity index (χ4n) is 2.86. The standard InChI is InChI=1S/C17H31N5S.HI/c1-3-16-21-15(14-23-16)13-20-17(18-2)19-9-8-12-22-10-6-4-5-7-11-22;/h14H,3-13H2,1-2H3,(H2,18,19,20);1H. The van der Waals surface area contributed by atoms with Gasteiger partial charge in [-0.25, -0.2) is 4.98 Å². The highest BCUT2D eigenvalue weighted by Crippen LogP contribution is 2.10. The molecule has 1 saturated heterocycles. The molecule has 24 heavy (non-hydrogen) atoms. The van der Waals surface area contributed by atoms with Gasteiger partial charge in [0.2, 0.25) is 0 Å². The molecule has 0 amide bonds. The highest BCUT2D eigenvalue weighted by molar-refractivity contribution is 14.0. The number of nitrogens with zero attached hydrogens (tertiary/aromatic N) is 3. The van der Waals surface area contributed by atoms with Crippen molar-refractivity contribution in [3.63, 3.8) is 0 Å². The van der Waals surface area contributed by atoms with Crippen LogP contribution in [0.5, 0.6) is 0 Å². The molecule has 1 aliphatic rings. The maximum Gasteiger partial charge on any atom is 0.191 e. The molecule has 1 aromatic heterocycles. The van der Waals surface area contributed by atoms with Gasteiger partial charge < -0.3 is 15.5 Å². The second kappa shape index (κ2) is 12.9. The van der Waals surface area contributed by atoms with Gasteiger partial charge in [-0.15, -0.1) is 35.3 Å². The smallest absolute Gasteiger partial charge is 0.191 e. The van der Waals surface area contributed by atoms with Gasteiger partial charge in [-0.1, -0.05) is 19.8 Å². The zero-order chi connectivity index (χ0) is 16.3. The molecule has 0 bridgehead atoms. The van der Waals surface area contributed by atoms with Gasteiger partial charge in [0.15, 0.2) is 5.96 Å². The van der Waals surface area contributed by atoms with Gasteiger partial charge >= 0.3 is 0 Å². The fourth-order valence-corrected chi connectivity index (χ4v) is 3.60. The molecule has 0 spiro atoms. The Hall–Kier alpha value is -0.410. The number of likely N-dealkylation sites (tertiary alicyclic amines) is 1. The van der Waals surface area contributed by atoms with Crippen LogP contribution in [0.4, 0.5) is 0 Å². The van der Waals surface area contributed by atoms with Crippen molar-refractivity contribution in [2.24, 2.45) is 4.99 Å². The van der Waals surface area contributed by atoms with E-state index in [4.69, 9.17) is 0 Å². The highest BCUT2D eigenvalue weighted by atomic mass is 127. The first kappa shape index (κ1) is 21.6. The third-order valence-electron chi connectivity index (χ3n) is 4.20. The van der Waals surface area contributed by atoms with Crippen LogP contribution in [0.3, 0.4) is 0 Å². The number of halogens is 1. The van der Waals surface area contributed by atoms with Gasteiger partial charge in [-0.3, -0.25) is 4.99 Å². The summed E-state index contributed by atoms with van der Waals surface area (Å²) in [7, 11) is 1.82. The molecular weight excluding hydrogens is 433 g/mol. The van der Waals surface area contributed by atoms with E-state index in [2.05, 4.69) is 37.8 Å². The van der Waals surface area contributed by atoms with Crippen molar-refractivity contribution >= 4 is 41.3 Å². The zero-order valence-corrected chi connectivity index (χ0v) is 18.2. The fraction of sp³-hybridized carbons (Fsp3) is 0.765. The molecule has 0 radical (unpaired) electrons. The van der Waals surface area contributed by atoms with Gasteiger partial charge in [0.1, 0.15) is 0 Å². The number of hydrogen-bond donors (Lipinski definition) is 2. The number of guanidine groups is 1. The number of aliphatic imine (C=N–C) groups is 1. The molecule has 5 nitrogen and oxygen atoms in total. The molecule has 0 saturated carbocycles. The minimum absolute atomic E-state index is 0. The summed E-state index contributed by atoms with van der Waals surface area (Å²) in [6, 6.07) is 0. The van der Waals surface area contributed by atoms with E-state index in [1.807, 2.05) is 7.05 Å². The van der Waals surface area contributed by atoms with Gasteiger partial charge in [0.05, 0.1) is 17.2 Å². The summed E-state index contributed by atoms with van der Waals surface area (Å²) in [5.74, 6) is 0.868. The Kier molecular flexibility index (Phi) is 11.6. The Morgan fingerprint density at radius 2 is 2.00 bits per heavy atom. The second-order valence-corrected chi connectivity index (χ2v) is 6.99. The number of nitrogens with one attached hydrogen (secondary N) is 2. The van der Waals surface area contributed by atoms with Crippen LogP contribution in [0.1, 0.15) is 49.7 Å². The number of thiazole rings is 1. The van der Waals surface area contributed by atoms with Crippen LogP contribution in [0.25, 0.3) is 0 Å². The topological polar surface area (TPSA) is 52.6 Å². The molecule has 0 unspecified atom stereocenters. The molecule has 7 heteroatoms. The molecule has 0 aliphatic carbocycles. The van der Waals surface area contributed by atoms with E-state index in [0.29, 0.717) is 0 Å². The van der Waals surface area contributed by atoms with Crippen LogP contribution in [-0.4, -0.2) is 49.1 Å². The minimum Gasteiger partial charge on any atom is -0.356 e. The predicted molar refractivity (Wildman–Crippen MR) is 115 cm³/mol. The van der Waals surface area contributed by atoms with Gasteiger partial charge in [0, 0.05) is 19.0 Å². The van der Waals surface area contributed by atoms with Crippen LogP contribution < -0.4 is 10.6 Å². The molecule has 2 heterocycles. The second-order valence-electron chi connectivity index (χ2n) is 6.05. The Morgan fingerprint density at radius 1 is 1.25 bits per heavy atom. The molecular formula is C17H32IN5S. The number of aryl methyl sites for hydroxylation is 1. The van der Waals surface area contributed by atoms with Crippen molar-refractivity contribution in [2.45, 2.75) is 52.0 Å². The van der Waals surface area contributed by atoms with Gasteiger partial charge in [-0.2, -0.15) is 0 Å². The van der Waals surface area contributed by atoms with Crippen LogP contribution >= 0.6 is 35.3 Å². The molecule has 1 aromatic rings. The molecule has 0 aromatic carbocycles. The summed E-state index contributed by atoms with van der Waals surface area (Å²) < 4.78 is 0. The van der Waals surface area contributed by atoms with Gasteiger partial charge in [-0.05, 0) is 45.3 Å². The molecule has 1 aliphatic heterocycles. The van der Waals surface area contributed by atoms with Crippen molar-refractivity contribution in [1.82, 2.24) is 20.5 Å². The van der Waals surface area contributed by atoms with E-state index in [9.17, 15) is 0 Å². The molecule has 0 atom stereocenters. The van der Waals surface area contributed by atoms with Crippen LogP contribution in [0.2, 0.25) is 0 Å². The largest absolute Gasteiger partial charge is 0.356 e. The van der Waals surface area contributed by atoms with E-state index in [-0.39, 0.29) is 24.0 Å². The first-order chi connectivity index (χ1) is 11.3. The van der Waals surface area contributed by atoms with E-state index >= 15 is 0 Å². The van der Waals surface area contributed by atoms with Crippen molar-refractivity contribution < 1.29 is 0 Å². The average Bonchev–Trinajstić information content (AvgIpc) is 2.88. The first-order valence-electron chi connectivity index (χ1n) is 8.92. The first-order valence-corrected chi connectivity index (χ1v) is 9.80. The van der Waals surface area contributed by atoms with E-state index in [1.165, 1.54) is 50.3 Å². The molecule has 138 valence electrons. The lowest BCUT2D eigenvalue weighted by molar-refractivity contribution is 0.282. The van der Waals surface area contributed by atoms with Crippen molar-refractivity contribution in [1.29, 1.82) is 0 Å². The Labute approximate surface area is 167 Å². The lowest BCUT2D eigenvalue weighted by Crippen LogP contribution is -2.38. The summed E-state index contributed by atoms with van der Waals surface area (Å²) in [5, 5.41) is 10.1. The molecule has 1 fully saturated rings. The quantitative estimate of drug-likeness (QED) is 0.281. The third kappa shape index (κ3) is 8.11. The third-order valence-corrected chi connectivity index (χ3v) is 5.25. The molecule has 2 rings (SSSR count). The van der Waals surface area contributed by atoms with Crippen LogP contribution in [0.15, 0.2) is 10.4 Å². The maximum atomic E-state index is 4.57. The van der Waals surface area contributed by atoms with E-state index < -0.39 is 0 Å². The van der Waals surface area contributed by atoms with Gasteiger partial charge in [0.25, 0.3) is 0 Å². The number of hydrogen-bond acceptors (Lipinski definition) is 4. The lowest BCUT2D eigenvalue weighted by atomic mass is 10.2. The Balaban J connectivity index is 0.00000288. The number of aromatic nitrogens is 1. The van der Waals surface area contributed by atoms with Crippen LogP contribution in [0, 0.1) is 0 Å². The van der Waals surface area contributed by atoms with E-state index in [0.717, 1.165) is 37.6 Å². The monoisotopic (exact) mass is 465 g/mol. The van der Waals surface area contributed by atoms with E-state index in [1.54, 1.807) is 11.3 Å². The summed E-state index contributed by atoms with van der Waals surface area (Å²) >= 11 is 1.73. The normalized spacial score (nSPS) is 16.3. The summed E-state index contributed by atoms with van der Waals surface area (Å²) in [6.45, 7) is 7.58. The summed E-state index contributed by atoms with van der Waals surface area (Å²) in [5.41, 5.74) is 1.10.